The van der Waals surface area contributed by atoms with E-state index in [2.05, 4.69) is 5.32 Å². The van der Waals surface area contributed by atoms with Crippen molar-refractivity contribution >= 4 is 11.6 Å². The SMILES string of the molecule is N#Cc1ccc(NC(=O)C2COCCO2)cc1C(F)(F)F. The molecule has 0 spiro atoms. The maximum absolute atomic E-state index is 12.8. The third-order valence-electron chi connectivity index (χ3n) is 2.82. The largest absolute Gasteiger partial charge is 0.417 e. The Labute approximate surface area is 118 Å². The van der Waals surface area contributed by atoms with Crippen LogP contribution in [0.25, 0.3) is 0 Å². The molecule has 1 aromatic carbocycles. The van der Waals surface area contributed by atoms with Crippen LogP contribution in [0.1, 0.15) is 11.1 Å². The summed E-state index contributed by atoms with van der Waals surface area (Å²) in [5.41, 5.74) is -1.65. The second-order valence-electron chi connectivity index (χ2n) is 4.29. The van der Waals surface area contributed by atoms with Crippen molar-refractivity contribution in [1.82, 2.24) is 0 Å². The van der Waals surface area contributed by atoms with Gasteiger partial charge in [0.15, 0.2) is 6.10 Å². The molecule has 5 nitrogen and oxygen atoms in total. The van der Waals surface area contributed by atoms with Crippen molar-refractivity contribution in [2.24, 2.45) is 0 Å². The Hall–Kier alpha value is -2.11. The summed E-state index contributed by atoms with van der Waals surface area (Å²) < 4.78 is 48.6. The number of benzene rings is 1. The highest BCUT2D eigenvalue weighted by Gasteiger charge is 2.34. The molecule has 21 heavy (non-hydrogen) atoms. The normalized spacial score (nSPS) is 18.9. The lowest BCUT2D eigenvalue weighted by atomic mass is 10.1. The molecule has 1 N–H and O–H groups in total. The van der Waals surface area contributed by atoms with Gasteiger partial charge in [0, 0.05) is 5.69 Å². The Morgan fingerprint density at radius 3 is 2.71 bits per heavy atom. The van der Waals surface area contributed by atoms with Crippen LogP contribution in [0.2, 0.25) is 0 Å². The molecule has 1 aliphatic rings. The van der Waals surface area contributed by atoms with Crippen molar-refractivity contribution in [2.75, 3.05) is 25.1 Å². The standard InChI is InChI=1S/C13H11F3N2O3/c14-13(15,16)10-5-9(2-1-8(10)6-17)18-12(19)11-7-20-3-4-21-11/h1-2,5,11H,3-4,7H2,(H,18,19). The first-order valence-electron chi connectivity index (χ1n) is 6.03. The second-order valence-corrected chi connectivity index (χ2v) is 4.29. The van der Waals surface area contributed by atoms with Crippen molar-refractivity contribution in [3.63, 3.8) is 0 Å². The van der Waals surface area contributed by atoms with E-state index in [0.717, 1.165) is 12.1 Å². The van der Waals surface area contributed by atoms with Crippen LogP contribution in [-0.2, 0) is 20.4 Å². The number of amides is 1. The quantitative estimate of drug-likeness (QED) is 0.906. The van der Waals surface area contributed by atoms with Crippen LogP contribution in [0.15, 0.2) is 18.2 Å². The summed E-state index contributed by atoms with van der Waals surface area (Å²) in [5.74, 6) is -0.590. The molecule has 1 aliphatic heterocycles. The van der Waals surface area contributed by atoms with Gasteiger partial charge in [0.1, 0.15) is 0 Å². The topological polar surface area (TPSA) is 71.4 Å². The number of halogens is 3. The average Bonchev–Trinajstić information content (AvgIpc) is 2.47. The zero-order valence-electron chi connectivity index (χ0n) is 10.7. The lowest BCUT2D eigenvalue weighted by Gasteiger charge is -2.22. The summed E-state index contributed by atoms with van der Waals surface area (Å²) in [7, 11) is 0. The van der Waals surface area contributed by atoms with Crippen LogP contribution >= 0.6 is 0 Å². The summed E-state index contributed by atoms with van der Waals surface area (Å²) >= 11 is 0. The average molecular weight is 300 g/mol. The minimum Gasteiger partial charge on any atom is -0.376 e. The number of hydrogen-bond donors (Lipinski definition) is 1. The number of alkyl halides is 3. The molecule has 1 unspecified atom stereocenters. The molecule has 1 amide bonds. The molecule has 1 aromatic rings. The van der Waals surface area contributed by atoms with Gasteiger partial charge in [-0.1, -0.05) is 0 Å². The van der Waals surface area contributed by atoms with E-state index in [9.17, 15) is 18.0 Å². The molecular weight excluding hydrogens is 289 g/mol. The fourth-order valence-corrected chi connectivity index (χ4v) is 1.82. The molecule has 1 saturated heterocycles. The predicted molar refractivity (Wildman–Crippen MR) is 65.3 cm³/mol. The van der Waals surface area contributed by atoms with E-state index in [1.54, 1.807) is 0 Å². The molecule has 0 aromatic heterocycles. The van der Waals surface area contributed by atoms with Gasteiger partial charge in [-0.05, 0) is 18.2 Å². The van der Waals surface area contributed by atoms with Gasteiger partial charge in [-0.3, -0.25) is 4.79 Å². The number of carbonyl (C=O) groups excluding carboxylic acids is 1. The highest BCUT2D eigenvalue weighted by atomic mass is 19.4. The number of anilines is 1. The van der Waals surface area contributed by atoms with E-state index in [-0.39, 0.29) is 18.9 Å². The third kappa shape index (κ3) is 3.71. The first kappa shape index (κ1) is 15.3. The first-order chi connectivity index (χ1) is 9.91. The molecule has 8 heteroatoms. The molecule has 0 bridgehead atoms. The van der Waals surface area contributed by atoms with Gasteiger partial charge in [0.2, 0.25) is 0 Å². The highest BCUT2D eigenvalue weighted by molar-refractivity contribution is 5.94. The summed E-state index contributed by atoms with van der Waals surface area (Å²) in [6, 6.07) is 4.43. The van der Waals surface area contributed by atoms with E-state index in [1.165, 1.54) is 12.1 Å². The highest BCUT2D eigenvalue weighted by Crippen LogP contribution is 2.33. The molecule has 1 fully saturated rings. The summed E-state index contributed by atoms with van der Waals surface area (Å²) in [4.78, 5) is 11.8. The van der Waals surface area contributed by atoms with Gasteiger partial charge in [-0.2, -0.15) is 18.4 Å². The lowest BCUT2D eigenvalue weighted by Crippen LogP contribution is -2.39. The Morgan fingerprint density at radius 1 is 1.38 bits per heavy atom. The van der Waals surface area contributed by atoms with Crippen molar-refractivity contribution < 1.29 is 27.4 Å². The number of rotatable bonds is 2. The van der Waals surface area contributed by atoms with E-state index >= 15 is 0 Å². The van der Waals surface area contributed by atoms with Crippen LogP contribution in [0.4, 0.5) is 18.9 Å². The Balaban J connectivity index is 2.17. The second kappa shape index (κ2) is 6.11. The number of ether oxygens (including phenoxy) is 2. The summed E-state index contributed by atoms with van der Waals surface area (Å²) in [6.07, 6.45) is -5.53. The number of hydrogen-bond acceptors (Lipinski definition) is 4. The third-order valence-corrected chi connectivity index (χ3v) is 2.82. The van der Waals surface area contributed by atoms with E-state index in [4.69, 9.17) is 14.7 Å². The van der Waals surface area contributed by atoms with Crippen molar-refractivity contribution in [1.29, 1.82) is 5.26 Å². The van der Waals surface area contributed by atoms with Gasteiger partial charge in [0.25, 0.3) is 5.91 Å². The molecule has 2 rings (SSSR count). The minimum absolute atomic E-state index is 0.0498. The molecular formula is C13H11F3N2O3. The van der Waals surface area contributed by atoms with Gasteiger partial charge in [-0.15, -0.1) is 0 Å². The Morgan fingerprint density at radius 2 is 2.14 bits per heavy atom. The molecule has 1 heterocycles. The molecule has 0 saturated carbocycles. The number of nitrogens with one attached hydrogen (secondary N) is 1. The van der Waals surface area contributed by atoms with Crippen LogP contribution in [0, 0.1) is 11.3 Å². The zero-order valence-corrected chi connectivity index (χ0v) is 10.7. The van der Waals surface area contributed by atoms with Crippen LogP contribution in [0.3, 0.4) is 0 Å². The van der Waals surface area contributed by atoms with E-state index < -0.39 is 29.3 Å². The van der Waals surface area contributed by atoms with Crippen LogP contribution < -0.4 is 5.32 Å². The minimum atomic E-state index is -4.67. The maximum Gasteiger partial charge on any atom is 0.417 e. The van der Waals surface area contributed by atoms with E-state index in [0.29, 0.717) is 6.61 Å². The van der Waals surface area contributed by atoms with Gasteiger partial charge < -0.3 is 14.8 Å². The number of nitriles is 1. The van der Waals surface area contributed by atoms with E-state index in [1.807, 2.05) is 0 Å². The van der Waals surface area contributed by atoms with Gasteiger partial charge in [-0.25, -0.2) is 0 Å². The van der Waals surface area contributed by atoms with Gasteiger partial charge in [0.05, 0.1) is 37.0 Å². The zero-order chi connectivity index (χ0) is 15.5. The summed E-state index contributed by atoms with van der Waals surface area (Å²) in [5, 5.41) is 11.0. The number of carbonyl (C=O) groups is 1. The van der Waals surface area contributed by atoms with Crippen LogP contribution in [0.5, 0.6) is 0 Å². The monoisotopic (exact) mass is 300 g/mol. The first-order valence-corrected chi connectivity index (χ1v) is 6.03. The van der Waals surface area contributed by atoms with Crippen molar-refractivity contribution in [3.8, 4) is 6.07 Å². The van der Waals surface area contributed by atoms with Crippen LogP contribution in [-0.4, -0.2) is 31.8 Å². The van der Waals surface area contributed by atoms with Crippen molar-refractivity contribution in [3.05, 3.63) is 29.3 Å². The smallest absolute Gasteiger partial charge is 0.376 e. The molecule has 0 radical (unpaired) electrons. The fourth-order valence-electron chi connectivity index (χ4n) is 1.82. The van der Waals surface area contributed by atoms with Crippen molar-refractivity contribution in [2.45, 2.75) is 12.3 Å². The lowest BCUT2D eigenvalue weighted by molar-refractivity contribution is -0.142. The fraction of sp³-hybridized carbons (Fsp3) is 0.385. The Kier molecular flexibility index (Phi) is 4.45. The summed E-state index contributed by atoms with van der Waals surface area (Å²) in [6.45, 7) is 0.673. The Bertz CT molecular complexity index is 575. The molecule has 112 valence electrons. The predicted octanol–water partition coefficient (Wildman–Crippen LogP) is 1.93. The molecule has 1 atom stereocenters. The number of nitrogens with zero attached hydrogens (tertiary/aromatic N) is 1. The maximum atomic E-state index is 12.8. The molecule has 0 aliphatic carbocycles. The van der Waals surface area contributed by atoms with Gasteiger partial charge >= 0.3 is 6.18 Å².